The molecule has 1 aromatic carbocycles. The van der Waals surface area contributed by atoms with Gasteiger partial charge in [0.25, 0.3) is 0 Å². The predicted octanol–water partition coefficient (Wildman–Crippen LogP) is 3.42. The van der Waals surface area contributed by atoms with Crippen molar-refractivity contribution in [3.63, 3.8) is 0 Å². The normalized spacial score (nSPS) is 12.7. The van der Waals surface area contributed by atoms with Crippen molar-refractivity contribution in [3.05, 3.63) is 40.5 Å². The Hall–Kier alpha value is -0.970. The quantitative estimate of drug-likeness (QED) is 0.940. The van der Waals surface area contributed by atoms with Crippen LogP contribution in [0.5, 0.6) is 0 Å². The van der Waals surface area contributed by atoms with Gasteiger partial charge >= 0.3 is 0 Å². The first-order valence-electron chi connectivity index (χ1n) is 6.18. The summed E-state index contributed by atoms with van der Waals surface area (Å²) in [4.78, 5) is 1.11. The van der Waals surface area contributed by atoms with Gasteiger partial charge in [0.05, 0.1) is 10.7 Å². The first-order chi connectivity index (χ1) is 8.95. The van der Waals surface area contributed by atoms with Crippen molar-refractivity contribution in [1.82, 2.24) is 9.78 Å². The van der Waals surface area contributed by atoms with E-state index in [0.29, 0.717) is 0 Å². The van der Waals surface area contributed by atoms with Crippen molar-refractivity contribution >= 4 is 23.4 Å². The van der Waals surface area contributed by atoms with Gasteiger partial charge in [-0.1, -0.05) is 29.4 Å². The van der Waals surface area contributed by atoms with Crippen LogP contribution in [0.4, 0.5) is 0 Å². The average Bonchev–Trinajstić information content (AvgIpc) is 2.61. The van der Waals surface area contributed by atoms with Crippen LogP contribution in [-0.4, -0.2) is 15.8 Å². The third-order valence-corrected chi connectivity index (χ3v) is 4.18. The monoisotopic (exact) mass is 295 g/mol. The maximum Gasteiger partial charge on any atom is 0.0986 e. The number of rotatable bonds is 4. The van der Waals surface area contributed by atoms with Crippen molar-refractivity contribution in [2.45, 2.75) is 36.2 Å². The van der Waals surface area contributed by atoms with Crippen LogP contribution in [0.1, 0.15) is 18.2 Å². The van der Waals surface area contributed by atoms with Crippen molar-refractivity contribution in [2.24, 2.45) is 12.8 Å². The zero-order chi connectivity index (χ0) is 14.0. The van der Waals surface area contributed by atoms with Crippen LogP contribution in [0, 0.1) is 6.92 Å². The van der Waals surface area contributed by atoms with Crippen molar-refractivity contribution < 1.29 is 0 Å². The summed E-state index contributed by atoms with van der Waals surface area (Å²) >= 11 is 7.95. The van der Waals surface area contributed by atoms with Gasteiger partial charge in [-0.15, -0.1) is 0 Å². The number of halogens is 1. The molecule has 5 heteroatoms. The lowest BCUT2D eigenvalue weighted by molar-refractivity contribution is 0.692. The van der Waals surface area contributed by atoms with Gasteiger partial charge in [-0.2, -0.15) is 5.10 Å². The molecule has 0 radical (unpaired) electrons. The number of hydrogen-bond donors (Lipinski definition) is 1. The number of aromatic nitrogens is 2. The molecule has 19 heavy (non-hydrogen) atoms. The molecule has 0 saturated heterocycles. The maximum absolute atomic E-state index is 6.29. The van der Waals surface area contributed by atoms with E-state index in [-0.39, 0.29) is 6.04 Å². The lowest BCUT2D eigenvalue weighted by Crippen LogP contribution is -2.17. The number of hydrogen-bond acceptors (Lipinski definition) is 3. The summed E-state index contributed by atoms with van der Waals surface area (Å²) in [6.07, 6.45) is 0.800. The lowest BCUT2D eigenvalue weighted by atomic mass is 10.1. The Kier molecular flexibility index (Phi) is 4.55. The minimum Gasteiger partial charge on any atom is -0.328 e. The molecular formula is C14H18ClN3S. The van der Waals surface area contributed by atoms with E-state index in [1.54, 1.807) is 11.8 Å². The van der Waals surface area contributed by atoms with Crippen molar-refractivity contribution in [1.29, 1.82) is 0 Å². The molecule has 1 unspecified atom stereocenters. The van der Waals surface area contributed by atoms with Gasteiger partial charge < -0.3 is 5.73 Å². The largest absolute Gasteiger partial charge is 0.328 e. The van der Waals surface area contributed by atoms with Crippen LogP contribution in [0.2, 0.25) is 5.02 Å². The molecule has 0 fully saturated rings. The summed E-state index contributed by atoms with van der Waals surface area (Å²) in [6.45, 7) is 3.97. The van der Waals surface area contributed by atoms with Gasteiger partial charge in [0.1, 0.15) is 0 Å². The highest BCUT2D eigenvalue weighted by molar-refractivity contribution is 7.99. The van der Waals surface area contributed by atoms with Crippen LogP contribution < -0.4 is 5.73 Å². The minimum atomic E-state index is 0.121. The third kappa shape index (κ3) is 3.75. The zero-order valence-electron chi connectivity index (χ0n) is 11.4. The Morgan fingerprint density at radius 1 is 1.42 bits per heavy atom. The fourth-order valence-corrected chi connectivity index (χ4v) is 3.19. The topological polar surface area (TPSA) is 43.8 Å². The predicted molar refractivity (Wildman–Crippen MR) is 80.9 cm³/mol. The summed E-state index contributed by atoms with van der Waals surface area (Å²) < 4.78 is 1.88. The van der Waals surface area contributed by atoms with E-state index in [4.69, 9.17) is 17.3 Å². The highest BCUT2D eigenvalue weighted by atomic mass is 35.5. The molecule has 1 heterocycles. The molecule has 102 valence electrons. The first kappa shape index (κ1) is 14.4. The molecule has 0 bridgehead atoms. The van der Waals surface area contributed by atoms with Crippen molar-refractivity contribution in [2.75, 3.05) is 0 Å². The van der Waals surface area contributed by atoms with E-state index in [9.17, 15) is 0 Å². The summed E-state index contributed by atoms with van der Waals surface area (Å²) in [7, 11) is 1.95. The third-order valence-electron chi connectivity index (χ3n) is 2.75. The standard InChI is InChI=1S/C14H18ClN3S/c1-9(16)6-11-4-5-12(8-13(11)15)19-14-7-10(2)17-18(14)3/h4-5,7-9H,6,16H2,1-3H3. The zero-order valence-corrected chi connectivity index (χ0v) is 12.9. The minimum absolute atomic E-state index is 0.121. The van der Waals surface area contributed by atoms with Crippen LogP contribution in [0.25, 0.3) is 0 Å². The molecular weight excluding hydrogens is 278 g/mol. The van der Waals surface area contributed by atoms with Gasteiger partial charge in [-0.3, -0.25) is 4.68 Å². The van der Waals surface area contributed by atoms with E-state index in [1.165, 1.54) is 0 Å². The van der Waals surface area contributed by atoms with Crippen LogP contribution in [-0.2, 0) is 13.5 Å². The smallest absolute Gasteiger partial charge is 0.0986 e. The lowest BCUT2D eigenvalue weighted by Gasteiger charge is -2.09. The average molecular weight is 296 g/mol. The highest BCUT2D eigenvalue weighted by Crippen LogP contribution is 2.31. The Morgan fingerprint density at radius 2 is 2.16 bits per heavy atom. The SMILES string of the molecule is Cc1cc(Sc2ccc(CC(C)N)c(Cl)c2)n(C)n1. The highest BCUT2D eigenvalue weighted by Gasteiger charge is 2.08. The molecule has 0 aliphatic heterocycles. The molecule has 0 saturated carbocycles. The summed E-state index contributed by atoms with van der Waals surface area (Å²) in [5.41, 5.74) is 7.92. The Labute approximate surface area is 123 Å². The Morgan fingerprint density at radius 3 is 2.68 bits per heavy atom. The van der Waals surface area contributed by atoms with E-state index >= 15 is 0 Å². The van der Waals surface area contributed by atoms with Crippen LogP contribution >= 0.6 is 23.4 Å². The van der Waals surface area contributed by atoms with Crippen molar-refractivity contribution in [3.8, 4) is 0 Å². The number of aryl methyl sites for hydroxylation is 2. The molecule has 2 N–H and O–H groups in total. The van der Waals surface area contributed by atoms with Gasteiger partial charge in [-0.25, -0.2) is 0 Å². The van der Waals surface area contributed by atoms with E-state index in [0.717, 1.165) is 32.6 Å². The summed E-state index contributed by atoms with van der Waals surface area (Å²) in [5, 5.41) is 6.22. The molecule has 2 aromatic rings. The second-order valence-electron chi connectivity index (χ2n) is 4.78. The van der Waals surface area contributed by atoms with Crippen LogP contribution in [0.15, 0.2) is 34.2 Å². The number of nitrogens with two attached hydrogens (primary N) is 1. The molecule has 1 atom stereocenters. The first-order valence-corrected chi connectivity index (χ1v) is 7.37. The molecule has 2 rings (SSSR count). The molecule has 1 aromatic heterocycles. The second-order valence-corrected chi connectivity index (χ2v) is 6.29. The number of nitrogens with zero attached hydrogens (tertiary/aromatic N) is 2. The van der Waals surface area contributed by atoms with Gasteiger partial charge in [0, 0.05) is 23.0 Å². The Balaban J connectivity index is 2.18. The number of benzene rings is 1. The molecule has 0 spiro atoms. The van der Waals surface area contributed by atoms with Gasteiger partial charge in [0.2, 0.25) is 0 Å². The summed E-state index contributed by atoms with van der Waals surface area (Å²) in [5.74, 6) is 0. The molecule has 0 aliphatic rings. The van der Waals surface area contributed by atoms with E-state index in [1.807, 2.05) is 31.6 Å². The Bertz CT molecular complexity index is 578. The van der Waals surface area contributed by atoms with Gasteiger partial charge in [0.15, 0.2) is 0 Å². The molecule has 0 aliphatic carbocycles. The van der Waals surface area contributed by atoms with Gasteiger partial charge in [-0.05, 0) is 44.0 Å². The van der Waals surface area contributed by atoms with E-state index in [2.05, 4.69) is 23.3 Å². The van der Waals surface area contributed by atoms with E-state index < -0.39 is 0 Å². The molecule has 3 nitrogen and oxygen atoms in total. The fraction of sp³-hybridized carbons (Fsp3) is 0.357. The molecule has 0 amide bonds. The second kappa shape index (κ2) is 5.99. The maximum atomic E-state index is 6.29. The van der Waals surface area contributed by atoms with Crippen LogP contribution in [0.3, 0.4) is 0 Å². The summed E-state index contributed by atoms with van der Waals surface area (Å²) in [6, 6.07) is 8.31. The fourth-order valence-electron chi connectivity index (χ4n) is 1.91.